The molecule has 0 aliphatic carbocycles. The number of benzene rings is 2. The second kappa shape index (κ2) is 7.72. The maximum atomic E-state index is 12.5. The number of nitrogens with one attached hydrogen (secondary N) is 2. The van der Waals surface area contributed by atoms with Crippen LogP contribution >= 0.6 is 23.2 Å². The lowest BCUT2D eigenvalue weighted by molar-refractivity contribution is 0.102. The van der Waals surface area contributed by atoms with Crippen molar-refractivity contribution < 1.29 is 4.79 Å². The summed E-state index contributed by atoms with van der Waals surface area (Å²) in [6.07, 6.45) is 1.51. The standard InChI is InChI=1S/C19H16Cl2N4O/c1-11-5-12(2)7-15(6-11)23-18(26)17-3-4-22-19(25-17)24-16-9-13(20)8-14(21)10-16/h3-10H,1-2H3,(H,23,26)(H,22,24,25). The van der Waals surface area contributed by atoms with Crippen molar-refractivity contribution in [1.29, 1.82) is 0 Å². The highest BCUT2D eigenvalue weighted by molar-refractivity contribution is 6.35. The number of carbonyl (C=O) groups is 1. The highest BCUT2D eigenvalue weighted by Gasteiger charge is 2.10. The van der Waals surface area contributed by atoms with Gasteiger partial charge in [0.25, 0.3) is 5.91 Å². The van der Waals surface area contributed by atoms with Crippen LogP contribution in [0.25, 0.3) is 0 Å². The summed E-state index contributed by atoms with van der Waals surface area (Å²) in [6.45, 7) is 3.96. The first kappa shape index (κ1) is 18.2. The molecule has 0 radical (unpaired) electrons. The number of anilines is 3. The molecular formula is C19H16Cl2N4O. The van der Waals surface area contributed by atoms with Gasteiger partial charge in [-0.1, -0.05) is 29.3 Å². The third kappa shape index (κ3) is 4.71. The van der Waals surface area contributed by atoms with Crippen molar-refractivity contribution in [3.8, 4) is 0 Å². The van der Waals surface area contributed by atoms with Gasteiger partial charge in [-0.2, -0.15) is 0 Å². The summed E-state index contributed by atoms with van der Waals surface area (Å²) in [6, 6.07) is 12.4. The first-order valence-corrected chi connectivity index (χ1v) is 8.60. The summed E-state index contributed by atoms with van der Waals surface area (Å²) >= 11 is 12.0. The van der Waals surface area contributed by atoms with Gasteiger partial charge in [-0.25, -0.2) is 9.97 Å². The van der Waals surface area contributed by atoms with Crippen molar-refractivity contribution in [1.82, 2.24) is 9.97 Å². The van der Waals surface area contributed by atoms with E-state index in [1.54, 1.807) is 24.3 Å². The monoisotopic (exact) mass is 386 g/mol. The van der Waals surface area contributed by atoms with Gasteiger partial charge in [0.05, 0.1) is 0 Å². The van der Waals surface area contributed by atoms with Gasteiger partial charge in [-0.05, 0) is 61.4 Å². The molecule has 0 unspecified atom stereocenters. The van der Waals surface area contributed by atoms with Crippen molar-refractivity contribution in [3.05, 3.63) is 75.5 Å². The van der Waals surface area contributed by atoms with Crippen LogP contribution in [-0.2, 0) is 0 Å². The number of nitrogens with zero attached hydrogens (tertiary/aromatic N) is 2. The molecule has 132 valence electrons. The molecule has 5 nitrogen and oxygen atoms in total. The van der Waals surface area contributed by atoms with E-state index in [2.05, 4.69) is 20.6 Å². The zero-order valence-corrected chi connectivity index (χ0v) is 15.7. The Bertz CT molecular complexity index is 935. The number of aryl methyl sites for hydroxylation is 2. The van der Waals surface area contributed by atoms with Crippen LogP contribution in [0, 0.1) is 13.8 Å². The van der Waals surface area contributed by atoms with Gasteiger partial charge in [0, 0.05) is 27.6 Å². The van der Waals surface area contributed by atoms with Gasteiger partial charge in [0.1, 0.15) is 5.69 Å². The third-order valence-electron chi connectivity index (χ3n) is 3.49. The molecule has 0 saturated heterocycles. The fraction of sp³-hybridized carbons (Fsp3) is 0.105. The number of carbonyl (C=O) groups excluding carboxylic acids is 1. The molecule has 0 atom stereocenters. The molecule has 3 rings (SSSR count). The summed E-state index contributed by atoms with van der Waals surface area (Å²) in [5, 5.41) is 6.82. The lowest BCUT2D eigenvalue weighted by atomic mass is 10.1. The number of rotatable bonds is 4. The molecule has 0 aliphatic heterocycles. The number of amides is 1. The van der Waals surface area contributed by atoms with E-state index in [9.17, 15) is 4.79 Å². The highest BCUT2D eigenvalue weighted by atomic mass is 35.5. The SMILES string of the molecule is Cc1cc(C)cc(NC(=O)c2ccnc(Nc3cc(Cl)cc(Cl)c3)n2)c1. The van der Waals surface area contributed by atoms with Crippen molar-refractivity contribution in [2.75, 3.05) is 10.6 Å². The van der Waals surface area contributed by atoms with Gasteiger partial charge in [-0.3, -0.25) is 4.79 Å². The average molecular weight is 387 g/mol. The molecule has 2 N–H and O–H groups in total. The van der Waals surface area contributed by atoms with E-state index in [0.717, 1.165) is 16.8 Å². The van der Waals surface area contributed by atoms with Gasteiger partial charge in [0.2, 0.25) is 5.95 Å². The van der Waals surface area contributed by atoms with E-state index in [-0.39, 0.29) is 17.5 Å². The van der Waals surface area contributed by atoms with Crippen LogP contribution in [0.5, 0.6) is 0 Å². The maximum Gasteiger partial charge on any atom is 0.274 e. The Balaban J connectivity index is 1.78. The third-order valence-corrected chi connectivity index (χ3v) is 3.92. The Hall–Kier alpha value is -2.63. The Morgan fingerprint density at radius 1 is 0.923 bits per heavy atom. The molecule has 1 heterocycles. The van der Waals surface area contributed by atoms with Crippen molar-refractivity contribution in [3.63, 3.8) is 0 Å². The molecule has 0 aliphatic rings. The Kier molecular flexibility index (Phi) is 5.40. The predicted octanol–water partition coefficient (Wildman–Crippen LogP) is 5.40. The Morgan fingerprint density at radius 2 is 1.58 bits per heavy atom. The fourth-order valence-corrected chi connectivity index (χ4v) is 3.07. The molecule has 2 aromatic carbocycles. The smallest absolute Gasteiger partial charge is 0.274 e. The first-order valence-electron chi connectivity index (χ1n) is 7.85. The van der Waals surface area contributed by atoms with Crippen LogP contribution in [-0.4, -0.2) is 15.9 Å². The molecule has 0 spiro atoms. The van der Waals surface area contributed by atoms with Crippen molar-refractivity contribution in [2.24, 2.45) is 0 Å². The molecule has 0 fully saturated rings. The molecular weight excluding hydrogens is 371 g/mol. The van der Waals surface area contributed by atoms with Crippen LogP contribution < -0.4 is 10.6 Å². The molecule has 1 aromatic heterocycles. The van der Waals surface area contributed by atoms with E-state index in [4.69, 9.17) is 23.2 Å². The number of aromatic nitrogens is 2. The molecule has 26 heavy (non-hydrogen) atoms. The zero-order chi connectivity index (χ0) is 18.7. The van der Waals surface area contributed by atoms with E-state index in [1.807, 2.05) is 32.0 Å². The minimum atomic E-state index is -0.315. The molecule has 3 aromatic rings. The van der Waals surface area contributed by atoms with Crippen LogP contribution in [0.1, 0.15) is 21.6 Å². The number of hydrogen-bond donors (Lipinski definition) is 2. The summed E-state index contributed by atoms with van der Waals surface area (Å²) in [5.74, 6) is -0.0408. The zero-order valence-electron chi connectivity index (χ0n) is 14.2. The summed E-state index contributed by atoms with van der Waals surface area (Å²) < 4.78 is 0. The minimum Gasteiger partial charge on any atom is -0.324 e. The summed E-state index contributed by atoms with van der Waals surface area (Å²) in [7, 11) is 0. The minimum absolute atomic E-state index is 0.245. The normalized spacial score (nSPS) is 10.5. The predicted molar refractivity (Wildman–Crippen MR) is 106 cm³/mol. The lowest BCUT2D eigenvalue weighted by Crippen LogP contribution is -2.15. The molecule has 0 saturated carbocycles. The first-order chi connectivity index (χ1) is 12.4. The topological polar surface area (TPSA) is 66.9 Å². The molecule has 7 heteroatoms. The van der Waals surface area contributed by atoms with Crippen LogP contribution in [0.2, 0.25) is 10.0 Å². The number of halogens is 2. The lowest BCUT2D eigenvalue weighted by Gasteiger charge is -2.09. The maximum absolute atomic E-state index is 12.5. The second-order valence-corrected chi connectivity index (χ2v) is 6.75. The van der Waals surface area contributed by atoms with Gasteiger partial charge < -0.3 is 10.6 Å². The Morgan fingerprint density at radius 3 is 2.23 bits per heavy atom. The van der Waals surface area contributed by atoms with E-state index >= 15 is 0 Å². The van der Waals surface area contributed by atoms with Crippen molar-refractivity contribution >= 4 is 46.4 Å². The van der Waals surface area contributed by atoms with Gasteiger partial charge >= 0.3 is 0 Å². The second-order valence-electron chi connectivity index (χ2n) is 5.88. The molecule has 1 amide bonds. The summed E-state index contributed by atoms with van der Waals surface area (Å²) in [4.78, 5) is 20.8. The highest BCUT2D eigenvalue weighted by Crippen LogP contribution is 2.24. The van der Waals surface area contributed by atoms with Gasteiger partial charge in [-0.15, -0.1) is 0 Å². The Labute approximate surface area is 161 Å². The number of hydrogen-bond acceptors (Lipinski definition) is 4. The van der Waals surface area contributed by atoms with Gasteiger partial charge in [0.15, 0.2) is 0 Å². The summed E-state index contributed by atoms with van der Waals surface area (Å²) in [5.41, 5.74) is 3.75. The average Bonchev–Trinajstić information content (AvgIpc) is 2.53. The quantitative estimate of drug-likeness (QED) is 0.629. The van der Waals surface area contributed by atoms with Crippen LogP contribution in [0.15, 0.2) is 48.7 Å². The van der Waals surface area contributed by atoms with Crippen molar-refractivity contribution in [2.45, 2.75) is 13.8 Å². The van der Waals surface area contributed by atoms with E-state index in [0.29, 0.717) is 15.7 Å². The van der Waals surface area contributed by atoms with Crippen LogP contribution in [0.3, 0.4) is 0 Å². The van der Waals surface area contributed by atoms with E-state index < -0.39 is 0 Å². The largest absolute Gasteiger partial charge is 0.324 e. The molecule has 0 bridgehead atoms. The van der Waals surface area contributed by atoms with E-state index in [1.165, 1.54) is 6.20 Å². The fourth-order valence-electron chi connectivity index (χ4n) is 2.54. The van der Waals surface area contributed by atoms with Crippen LogP contribution in [0.4, 0.5) is 17.3 Å².